The molecule has 2 unspecified atom stereocenters. The molecule has 0 saturated carbocycles. The van der Waals surface area contributed by atoms with Gasteiger partial charge in [-0.15, -0.1) is 5.10 Å². The van der Waals surface area contributed by atoms with Crippen LogP contribution in [0.4, 0.5) is 0 Å². The summed E-state index contributed by atoms with van der Waals surface area (Å²) in [5, 5.41) is 8.69. The van der Waals surface area contributed by atoms with Gasteiger partial charge in [0.05, 0.1) is 21.8 Å². The molecular formula is C17H15Cl2N3O2S. The minimum atomic E-state index is -1.49. The lowest BCUT2D eigenvalue weighted by atomic mass is 10.1. The predicted molar refractivity (Wildman–Crippen MR) is 97.9 cm³/mol. The maximum absolute atomic E-state index is 12.4. The van der Waals surface area contributed by atoms with Gasteiger partial charge in [0, 0.05) is 0 Å². The molecule has 0 saturated heterocycles. The zero-order chi connectivity index (χ0) is 17.8. The van der Waals surface area contributed by atoms with Crippen molar-refractivity contribution in [3.05, 3.63) is 75.6 Å². The maximum atomic E-state index is 12.4. The average Bonchev–Trinajstić information content (AvgIpc) is 3.09. The first-order valence-electron chi connectivity index (χ1n) is 7.48. The van der Waals surface area contributed by atoms with Crippen molar-refractivity contribution in [1.82, 2.24) is 10.2 Å². The second-order valence-electron chi connectivity index (χ2n) is 5.44. The molecule has 0 aliphatic rings. The molecule has 0 spiro atoms. The summed E-state index contributed by atoms with van der Waals surface area (Å²) in [6.07, 6.45) is 0.557. The van der Waals surface area contributed by atoms with E-state index in [0.717, 1.165) is 11.1 Å². The largest absolute Gasteiger partial charge is 0.412 e. The van der Waals surface area contributed by atoms with E-state index in [2.05, 4.69) is 10.2 Å². The highest BCUT2D eigenvalue weighted by atomic mass is 35.5. The van der Waals surface area contributed by atoms with Crippen molar-refractivity contribution in [2.75, 3.05) is 0 Å². The molecule has 0 fully saturated rings. The summed E-state index contributed by atoms with van der Waals surface area (Å²) in [5.74, 6) is 0.466. The monoisotopic (exact) mass is 395 g/mol. The van der Waals surface area contributed by atoms with Gasteiger partial charge < -0.3 is 10.2 Å². The summed E-state index contributed by atoms with van der Waals surface area (Å²) < 4.78 is 17.9. The van der Waals surface area contributed by atoms with Crippen LogP contribution in [0.1, 0.15) is 23.1 Å². The molecule has 130 valence electrons. The van der Waals surface area contributed by atoms with Crippen LogP contribution in [0.3, 0.4) is 0 Å². The van der Waals surface area contributed by atoms with E-state index in [1.807, 2.05) is 30.3 Å². The second kappa shape index (κ2) is 8.10. The Balaban J connectivity index is 1.67. The molecule has 0 aliphatic carbocycles. The van der Waals surface area contributed by atoms with Gasteiger partial charge in [-0.25, -0.2) is 4.21 Å². The fourth-order valence-electron chi connectivity index (χ4n) is 2.26. The third kappa shape index (κ3) is 4.67. The molecule has 2 N–H and O–H groups in total. The third-order valence-electron chi connectivity index (χ3n) is 3.51. The molecular weight excluding hydrogens is 381 g/mol. The number of rotatable bonds is 6. The number of nitrogens with two attached hydrogens (primary N) is 1. The number of hydrogen-bond donors (Lipinski definition) is 1. The van der Waals surface area contributed by atoms with E-state index in [-0.39, 0.29) is 16.9 Å². The topological polar surface area (TPSA) is 82.0 Å². The van der Waals surface area contributed by atoms with Crippen LogP contribution < -0.4 is 5.73 Å². The van der Waals surface area contributed by atoms with Crippen LogP contribution in [-0.4, -0.2) is 14.4 Å². The highest BCUT2D eigenvalue weighted by molar-refractivity contribution is 7.84. The number of benzene rings is 2. The van der Waals surface area contributed by atoms with Gasteiger partial charge in [-0.3, -0.25) is 0 Å². The van der Waals surface area contributed by atoms with Gasteiger partial charge in [-0.05, 0) is 29.7 Å². The van der Waals surface area contributed by atoms with Crippen LogP contribution in [0.2, 0.25) is 10.0 Å². The molecule has 2 atom stereocenters. The molecule has 0 bridgehead atoms. The standard InChI is InChI=1S/C17H15Cl2N3O2S/c18-13-7-6-12(8-14(13)19)10-25(23)17-22-21-16(24-17)15(20)9-11-4-2-1-3-5-11/h1-8,15H,9-10,20H2. The van der Waals surface area contributed by atoms with Gasteiger partial charge >= 0.3 is 5.22 Å². The summed E-state index contributed by atoms with van der Waals surface area (Å²) >= 11 is 11.8. The van der Waals surface area contributed by atoms with Crippen molar-refractivity contribution in [3.63, 3.8) is 0 Å². The van der Waals surface area contributed by atoms with Crippen molar-refractivity contribution >= 4 is 34.0 Å². The molecule has 8 heteroatoms. The van der Waals surface area contributed by atoms with Crippen molar-refractivity contribution in [2.45, 2.75) is 23.4 Å². The summed E-state index contributed by atoms with van der Waals surface area (Å²) in [4.78, 5) is 0. The van der Waals surface area contributed by atoms with E-state index in [4.69, 9.17) is 33.4 Å². The Bertz CT molecular complexity index is 887. The fraction of sp³-hybridized carbons (Fsp3) is 0.176. The van der Waals surface area contributed by atoms with Crippen LogP contribution in [0.15, 0.2) is 58.2 Å². The zero-order valence-corrected chi connectivity index (χ0v) is 15.4. The van der Waals surface area contributed by atoms with Gasteiger partial charge in [0.1, 0.15) is 10.8 Å². The van der Waals surface area contributed by atoms with Crippen LogP contribution in [0, 0.1) is 0 Å². The Morgan fingerprint density at radius 2 is 1.80 bits per heavy atom. The lowest BCUT2D eigenvalue weighted by Gasteiger charge is -2.06. The third-order valence-corrected chi connectivity index (χ3v) is 5.40. The van der Waals surface area contributed by atoms with Gasteiger partial charge in [0.15, 0.2) is 0 Å². The summed E-state index contributed by atoms with van der Waals surface area (Å²) in [6, 6.07) is 14.4. The van der Waals surface area contributed by atoms with Crippen molar-refractivity contribution in [3.8, 4) is 0 Å². The Morgan fingerprint density at radius 3 is 2.52 bits per heavy atom. The molecule has 0 aliphatic heterocycles. The van der Waals surface area contributed by atoms with Crippen LogP contribution >= 0.6 is 23.2 Å². The number of halogens is 2. The van der Waals surface area contributed by atoms with Crippen molar-refractivity contribution in [2.24, 2.45) is 5.73 Å². The van der Waals surface area contributed by atoms with Crippen molar-refractivity contribution < 1.29 is 8.63 Å². The predicted octanol–water partition coefficient (Wildman–Crippen LogP) is 3.93. The Morgan fingerprint density at radius 1 is 1.04 bits per heavy atom. The highest BCUT2D eigenvalue weighted by Gasteiger charge is 2.19. The van der Waals surface area contributed by atoms with Gasteiger partial charge in [0.2, 0.25) is 5.89 Å². The smallest absolute Gasteiger partial charge is 0.307 e. The van der Waals surface area contributed by atoms with E-state index in [1.165, 1.54) is 0 Å². The number of hydrogen-bond acceptors (Lipinski definition) is 5. The summed E-state index contributed by atoms with van der Waals surface area (Å²) in [5.41, 5.74) is 7.93. The lowest BCUT2D eigenvalue weighted by molar-refractivity contribution is 0.380. The lowest BCUT2D eigenvalue weighted by Crippen LogP contribution is -2.13. The van der Waals surface area contributed by atoms with E-state index in [1.54, 1.807) is 18.2 Å². The van der Waals surface area contributed by atoms with Crippen molar-refractivity contribution in [1.29, 1.82) is 0 Å². The molecule has 3 aromatic rings. The molecule has 2 aromatic carbocycles. The fourth-order valence-corrected chi connectivity index (χ4v) is 3.50. The minimum absolute atomic E-state index is 0.0459. The van der Waals surface area contributed by atoms with Gasteiger partial charge in [-0.2, -0.15) is 0 Å². The van der Waals surface area contributed by atoms with Gasteiger partial charge in [0.25, 0.3) is 0 Å². The quantitative estimate of drug-likeness (QED) is 0.683. The van der Waals surface area contributed by atoms with E-state index in [0.29, 0.717) is 16.5 Å². The van der Waals surface area contributed by atoms with Crippen LogP contribution in [0.25, 0.3) is 0 Å². The van der Waals surface area contributed by atoms with E-state index in [9.17, 15) is 4.21 Å². The first-order valence-corrected chi connectivity index (χ1v) is 9.55. The van der Waals surface area contributed by atoms with Crippen LogP contribution in [0.5, 0.6) is 0 Å². The molecule has 1 heterocycles. The number of aromatic nitrogens is 2. The second-order valence-corrected chi connectivity index (χ2v) is 7.58. The first-order chi connectivity index (χ1) is 12.0. The molecule has 3 rings (SSSR count). The summed E-state index contributed by atoms with van der Waals surface area (Å²) in [7, 11) is -1.49. The van der Waals surface area contributed by atoms with Crippen LogP contribution in [-0.2, 0) is 23.0 Å². The highest BCUT2D eigenvalue weighted by Crippen LogP contribution is 2.24. The SMILES string of the molecule is NC(Cc1ccccc1)c1nnc(S(=O)Cc2ccc(Cl)c(Cl)c2)o1. The maximum Gasteiger partial charge on any atom is 0.307 e. The Labute approximate surface area is 157 Å². The molecule has 25 heavy (non-hydrogen) atoms. The Hall–Kier alpha value is -1.73. The zero-order valence-electron chi connectivity index (χ0n) is 13.1. The Kier molecular flexibility index (Phi) is 5.86. The summed E-state index contributed by atoms with van der Waals surface area (Å²) in [6.45, 7) is 0. The average molecular weight is 396 g/mol. The molecule has 0 amide bonds. The first kappa shape index (κ1) is 18.1. The normalized spacial score (nSPS) is 13.6. The molecule has 0 radical (unpaired) electrons. The van der Waals surface area contributed by atoms with Gasteiger partial charge in [-0.1, -0.05) is 64.7 Å². The molecule has 5 nitrogen and oxygen atoms in total. The molecule has 1 aromatic heterocycles. The number of nitrogens with zero attached hydrogens (tertiary/aromatic N) is 2. The minimum Gasteiger partial charge on any atom is -0.412 e. The van der Waals surface area contributed by atoms with E-state index < -0.39 is 16.8 Å². The van der Waals surface area contributed by atoms with E-state index >= 15 is 0 Å².